The molecule has 14 heavy (non-hydrogen) atoms. The zero-order valence-corrected chi connectivity index (χ0v) is 8.64. The van der Waals surface area contributed by atoms with Gasteiger partial charge in [-0.3, -0.25) is 0 Å². The number of benzene rings is 1. The van der Waals surface area contributed by atoms with E-state index in [1.54, 1.807) is 0 Å². The Kier molecular flexibility index (Phi) is 2.70. The van der Waals surface area contributed by atoms with Gasteiger partial charge in [0, 0.05) is 0 Å². The van der Waals surface area contributed by atoms with E-state index in [0.717, 1.165) is 23.9 Å². The number of aromatic nitrogens is 1. The van der Waals surface area contributed by atoms with Gasteiger partial charge in [-0.25, -0.2) is 0 Å². The van der Waals surface area contributed by atoms with Gasteiger partial charge in [-0.05, 0) is 31.6 Å². The molecule has 3 nitrogen and oxygen atoms in total. The predicted molar refractivity (Wildman–Crippen MR) is 56.6 cm³/mol. The highest BCUT2D eigenvalue weighted by molar-refractivity contribution is 6.34. The normalized spacial score (nSPS) is 11.0. The number of hydrogen-bond acceptors (Lipinski definition) is 3. The van der Waals surface area contributed by atoms with Crippen molar-refractivity contribution in [1.82, 2.24) is 10.5 Å². The van der Waals surface area contributed by atoms with E-state index in [-0.39, 0.29) is 0 Å². The lowest BCUT2D eigenvalue weighted by Gasteiger charge is -2.01. The summed E-state index contributed by atoms with van der Waals surface area (Å²) in [5.41, 5.74) is 1.92. The summed E-state index contributed by atoms with van der Waals surface area (Å²) in [7, 11) is 1.93. The molecule has 1 aromatic heterocycles. The van der Waals surface area contributed by atoms with Crippen molar-refractivity contribution in [2.45, 2.75) is 6.42 Å². The van der Waals surface area contributed by atoms with Gasteiger partial charge in [0.1, 0.15) is 0 Å². The predicted octanol–water partition coefficient (Wildman–Crippen LogP) is 2.24. The molecule has 0 spiro atoms. The van der Waals surface area contributed by atoms with Crippen LogP contribution in [0.1, 0.15) is 5.56 Å². The third-order valence-corrected chi connectivity index (χ3v) is 2.45. The fraction of sp³-hybridized carbons (Fsp3) is 0.300. The molecule has 2 aromatic rings. The van der Waals surface area contributed by atoms with Gasteiger partial charge in [0.2, 0.25) is 0 Å². The van der Waals surface area contributed by atoms with E-state index in [4.69, 9.17) is 16.1 Å². The average molecular weight is 211 g/mol. The number of hydrogen-bond donors (Lipinski definition) is 1. The highest BCUT2D eigenvalue weighted by Crippen LogP contribution is 2.26. The zero-order valence-electron chi connectivity index (χ0n) is 7.88. The van der Waals surface area contributed by atoms with Crippen molar-refractivity contribution in [2.75, 3.05) is 13.6 Å². The first-order valence-corrected chi connectivity index (χ1v) is 4.88. The molecule has 0 amide bonds. The number of nitrogens with one attached hydrogen (secondary N) is 1. The molecule has 0 aliphatic carbocycles. The van der Waals surface area contributed by atoms with E-state index in [0.29, 0.717) is 5.15 Å². The minimum absolute atomic E-state index is 0.451. The summed E-state index contributed by atoms with van der Waals surface area (Å²) in [5.74, 6) is 0. The summed E-state index contributed by atoms with van der Waals surface area (Å²) in [6.45, 7) is 0.917. The van der Waals surface area contributed by atoms with Gasteiger partial charge < -0.3 is 9.84 Å². The molecule has 0 bridgehead atoms. The second-order valence-corrected chi connectivity index (χ2v) is 3.48. The largest absolute Gasteiger partial charge is 0.355 e. The quantitative estimate of drug-likeness (QED) is 0.845. The van der Waals surface area contributed by atoms with Gasteiger partial charge in [-0.1, -0.05) is 28.9 Å². The number of halogens is 1. The van der Waals surface area contributed by atoms with Crippen LogP contribution in [0, 0.1) is 0 Å². The molecule has 0 saturated carbocycles. The Hall–Kier alpha value is -1.06. The van der Waals surface area contributed by atoms with Crippen molar-refractivity contribution in [3.05, 3.63) is 28.9 Å². The molecule has 0 atom stereocenters. The Morgan fingerprint density at radius 1 is 1.50 bits per heavy atom. The Labute approximate surface area is 87.0 Å². The summed E-state index contributed by atoms with van der Waals surface area (Å²) in [6, 6.07) is 5.87. The molecule has 0 radical (unpaired) electrons. The fourth-order valence-electron chi connectivity index (χ4n) is 1.49. The maximum atomic E-state index is 5.93. The van der Waals surface area contributed by atoms with E-state index in [1.165, 1.54) is 5.56 Å². The van der Waals surface area contributed by atoms with E-state index < -0.39 is 0 Å². The van der Waals surface area contributed by atoms with Crippen LogP contribution < -0.4 is 5.32 Å². The van der Waals surface area contributed by atoms with Crippen LogP contribution in [-0.4, -0.2) is 18.7 Å². The molecule has 2 rings (SSSR count). The summed E-state index contributed by atoms with van der Waals surface area (Å²) in [5, 5.41) is 8.22. The maximum absolute atomic E-state index is 5.93. The van der Waals surface area contributed by atoms with Crippen molar-refractivity contribution < 1.29 is 4.52 Å². The number of nitrogens with zero attached hydrogens (tertiary/aromatic N) is 1. The third kappa shape index (κ3) is 1.61. The van der Waals surface area contributed by atoms with Crippen molar-refractivity contribution >= 4 is 22.6 Å². The smallest absolute Gasteiger partial charge is 0.180 e. The Morgan fingerprint density at radius 2 is 2.36 bits per heavy atom. The topological polar surface area (TPSA) is 38.1 Å². The summed E-state index contributed by atoms with van der Waals surface area (Å²) in [4.78, 5) is 0. The summed E-state index contributed by atoms with van der Waals surface area (Å²) in [6.07, 6.45) is 0.925. The standard InChI is InChI=1S/C10H11ClN2O/c1-12-6-5-7-3-2-4-8-9(7)10(11)13-14-8/h2-4,12H,5-6H2,1H3. The number of likely N-dealkylation sites (N-methyl/N-ethyl adjacent to an activating group) is 1. The zero-order chi connectivity index (χ0) is 9.97. The molecule has 1 heterocycles. The highest BCUT2D eigenvalue weighted by Gasteiger charge is 2.09. The fourth-order valence-corrected chi connectivity index (χ4v) is 1.74. The first-order valence-electron chi connectivity index (χ1n) is 4.50. The van der Waals surface area contributed by atoms with Crippen molar-refractivity contribution in [3.63, 3.8) is 0 Å². The molecule has 1 N–H and O–H groups in total. The summed E-state index contributed by atoms with van der Waals surface area (Å²) >= 11 is 5.93. The van der Waals surface area contributed by atoms with Crippen LogP contribution in [0.3, 0.4) is 0 Å². The molecule has 1 aromatic carbocycles. The summed E-state index contributed by atoms with van der Waals surface area (Å²) < 4.78 is 5.07. The van der Waals surface area contributed by atoms with E-state index in [2.05, 4.69) is 10.5 Å². The van der Waals surface area contributed by atoms with Crippen LogP contribution in [0.5, 0.6) is 0 Å². The second kappa shape index (κ2) is 3.98. The van der Waals surface area contributed by atoms with E-state index in [9.17, 15) is 0 Å². The second-order valence-electron chi connectivity index (χ2n) is 3.12. The van der Waals surface area contributed by atoms with Crippen LogP contribution in [0.25, 0.3) is 11.0 Å². The van der Waals surface area contributed by atoms with Crippen molar-refractivity contribution in [1.29, 1.82) is 0 Å². The van der Waals surface area contributed by atoms with Crippen molar-refractivity contribution in [3.8, 4) is 0 Å². The molecule has 0 aliphatic heterocycles. The molecule has 0 fully saturated rings. The van der Waals surface area contributed by atoms with Gasteiger partial charge in [-0.15, -0.1) is 0 Å². The number of rotatable bonds is 3. The van der Waals surface area contributed by atoms with Crippen LogP contribution >= 0.6 is 11.6 Å². The Bertz CT molecular complexity index is 439. The van der Waals surface area contributed by atoms with Crippen LogP contribution in [0.4, 0.5) is 0 Å². The van der Waals surface area contributed by atoms with Crippen LogP contribution in [0.2, 0.25) is 5.15 Å². The molecule has 0 unspecified atom stereocenters. The van der Waals surface area contributed by atoms with Gasteiger partial charge in [-0.2, -0.15) is 0 Å². The first-order chi connectivity index (χ1) is 6.83. The van der Waals surface area contributed by atoms with Crippen molar-refractivity contribution in [2.24, 2.45) is 0 Å². The van der Waals surface area contributed by atoms with Crippen LogP contribution in [-0.2, 0) is 6.42 Å². The lowest BCUT2D eigenvalue weighted by atomic mass is 10.1. The minimum Gasteiger partial charge on any atom is -0.355 e. The van der Waals surface area contributed by atoms with Gasteiger partial charge in [0.15, 0.2) is 10.7 Å². The average Bonchev–Trinajstić information content (AvgIpc) is 2.58. The Morgan fingerprint density at radius 3 is 3.14 bits per heavy atom. The lowest BCUT2D eigenvalue weighted by molar-refractivity contribution is 0.457. The molecule has 74 valence electrons. The minimum atomic E-state index is 0.451. The molecular weight excluding hydrogens is 200 g/mol. The van der Waals surface area contributed by atoms with Crippen LogP contribution in [0.15, 0.2) is 22.7 Å². The lowest BCUT2D eigenvalue weighted by Crippen LogP contribution is -2.10. The number of fused-ring (bicyclic) bond motifs is 1. The first kappa shape index (κ1) is 9.49. The molecule has 0 aliphatic rings. The van der Waals surface area contributed by atoms with Gasteiger partial charge >= 0.3 is 0 Å². The Balaban J connectivity index is 2.46. The van der Waals surface area contributed by atoms with Gasteiger partial charge in [0.05, 0.1) is 5.39 Å². The molecule has 0 saturated heterocycles. The third-order valence-electron chi connectivity index (χ3n) is 2.19. The van der Waals surface area contributed by atoms with E-state index in [1.807, 2.05) is 25.2 Å². The highest BCUT2D eigenvalue weighted by atomic mass is 35.5. The molecular formula is C10H11ClN2O. The van der Waals surface area contributed by atoms with Gasteiger partial charge in [0.25, 0.3) is 0 Å². The SMILES string of the molecule is CNCCc1cccc2onc(Cl)c12. The monoisotopic (exact) mass is 210 g/mol. The molecule has 4 heteroatoms. The van der Waals surface area contributed by atoms with E-state index >= 15 is 0 Å². The maximum Gasteiger partial charge on any atom is 0.180 e.